The van der Waals surface area contributed by atoms with Crippen LogP contribution in [-0.2, 0) is 10.0 Å². The van der Waals surface area contributed by atoms with Crippen molar-refractivity contribution in [2.24, 2.45) is 0 Å². The van der Waals surface area contributed by atoms with Crippen molar-refractivity contribution < 1.29 is 8.42 Å². The van der Waals surface area contributed by atoms with E-state index in [-0.39, 0.29) is 10.3 Å². The molecule has 0 amide bonds. The molecule has 3 heterocycles. The number of hydrogen-bond donors (Lipinski definition) is 1. The van der Waals surface area contributed by atoms with E-state index in [9.17, 15) is 13.2 Å². The van der Waals surface area contributed by atoms with Crippen LogP contribution < -0.4 is 11.0 Å². The third kappa shape index (κ3) is 2.86. The number of para-hydroxylation sites is 2. The first-order valence-corrected chi connectivity index (χ1v) is 11.5. The normalized spacial score (nSPS) is 16.4. The standard InChI is InChI=1S/C16H15BrClN3O3S2/c17-11-9-14(25-15(11)18)26(23,24)21-13-4-2-1-3-12(13)20(16(21)22)10-5-7-19-8-6-10/h1-4,9-10,19H,5-8H2. The molecule has 4 rings (SSSR count). The van der Waals surface area contributed by atoms with Crippen molar-refractivity contribution in [1.82, 2.24) is 13.9 Å². The van der Waals surface area contributed by atoms with Gasteiger partial charge in [0.2, 0.25) is 0 Å². The molecule has 0 saturated carbocycles. The summed E-state index contributed by atoms with van der Waals surface area (Å²) in [5.41, 5.74) is 0.491. The molecule has 3 aromatic rings. The Bertz CT molecular complexity index is 1120. The molecule has 10 heteroatoms. The Morgan fingerprint density at radius 2 is 1.85 bits per heavy atom. The largest absolute Gasteiger partial charge is 0.343 e. The molecule has 0 spiro atoms. The van der Waals surface area contributed by atoms with Gasteiger partial charge in [-0.1, -0.05) is 23.7 Å². The summed E-state index contributed by atoms with van der Waals surface area (Å²) < 4.78 is 29.8. The summed E-state index contributed by atoms with van der Waals surface area (Å²) in [6.45, 7) is 1.60. The van der Waals surface area contributed by atoms with Gasteiger partial charge in [-0.05, 0) is 60.1 Å². The first-order chi connectivity index (χ1) is 12.4. The van der Waals surface area contributed by atoms with E-state index in [1.165, 1.54) is 6.07 Å². The smallest absolute Gasteiger partial charge is 0.317 e. The van der Waals surface area contributed by atoms with Gasteiger partial charge in [-0.15, -0.1) is 11.3 Å². The fourth-order valence-electron chi connectivity index (χ4n) is 3.34. The van der Waals surface area contributed by atoms with Crippen molar-refractivity contribution in [3.8, 4) is 0 Å². The second-order valence-electron chi connectivity index (χ2n) is 6.08. The minimum absolute atomic E-state index is 0.0243. The Morgan fingerprint density at radius 3 is 2.46 bits per heavy atom. The maximum atomic E-state index is 13.2. The fourth-order valence-corrected chi connectivity index (χ4v) is 7.11. The van der Waals surface area contributed by atoms with E-state index in [1.807, 2.05) is 6.07 Å². The summed E-state index contributed by atoms with van der Waals surface area (Å²) in [4.78, 5) is 13.2. The van der Waals surface area contributed by atoms with E-state index < -0.39 is 15.7 Å². The highest BCUT2D eigenvalue weighted by molar-refractivity contribution is 9.10. The summed E-state index contributed by atoms with van der Waals surface area (Å²) in [6, 6.07) is 8.42. The lowest BCUT2D eigenvalue weighted by Gasteiger charge is -2.23. The molecule has 0 radical (unpaired) electrons. The van der Waals surface area contributed by atoms with Gasteiger partial charge in [-0.3, -0.25) is 4.57 Å². The predicted molar refractivity (Wildman–Crippen MR) is 107 cm³/mol. The molecule has 0 unspecified atom stereocenters. The predicted octanol–water partition coefficient (Wildman–Crippen LogP) is 3.44. The van der Waals surface area contributed by atoms with Crippen molar-refractivity contribution in [2.45, 2.75) is 23.1 Å². The third-order valence-corrected chi connectivity index (χ3v) is 9.14. The van der Waals surface area contributed by atoms with Gasteiger partial charge >= 0.3 is 5.69 Å². The molecule has 6 nitrogen and oxygen atoms in total. The molecular weight excluding hydrogens is 462 g/mol. The Hall–Kier alpha value is -1.13. The van der Waals surface area contributed by atoms with E-state index in [1.54, 1.807) is 22.8 Å². The highest BCUT2D eigenvalue weighted by Crippen LogP contribution is 2.36. The van der Waals surface area contributed by atoms with Gasteiger partial charge in [0.15, 0.2) is 0 Å². The van der Waals surface area contributed by atoms with Crippen LogP contribution in [0.15, 0.2) is 43.8 Å². The monoisotopic (exact) mass is 475 g/mol. The lowest BCUT2D eigenvalue weighted by molar-refractivity contribution is 0.367. The number of piperidine rings is 1. The maximum absolute atomic E-state index is 13.2. The molecule has 0 aliphatic carbocycles. The van der Waals surface area contributed by atoms with Gasteiger partial charge in [-0.2, -0.15) is 12.4 Å². The zero-order valence-corrected chi connectivity index (χ0v) is 17.5. The minimum Gasteiger partial charge on any atom is -0.317 e. The van der Waals surface area contributed by atoms with E-state index in [4.69, 9.17) is 11.6 Å². The van der Waals surface area contributed by atoms with Gasteiger partial charge in [0.1, 0.15) is 8.55 Å². The van der Waals surface area contributed by atoms with Gasteiger partial charge in [-0.25, -0.2) is 4.79 Å². The highest BCUT2D eigenvalue weighted by Gasteiger charge is 2.30. The number of thiophene rings is 1. The lowest BCUT2D eigenvalue weighted by atomic mass is 10.1. The zero-order chi connectivity index (χ0) is 18.5. The molecule has 26 heavy (non-hydrogen) atoms. The van der Waals surface area contributed by atoms with Crippen molar-refractivity contribution in [1.29, 1.82) is 0 Å². The van der Waals surface area contributed by atoms with Crippen LogP contribution in [0.3, 0.4) is 0 Å². The Morgan fingerprint density at radius 1 is 1.19 bits per heavy atom. The summed E-state index contributed by atoms with van der Waals surface area (Å²) in [7, 11) is -4.04. The van der Waals surface area contributed by atoms with Gasteiger partial charge in [0, 0.05) is 10.5 Å². The van der Waals surface area contributed by atoms with Crippen LogP contribution in [0.25, 0.3) is 11.0 Å². The Balaban J connectivity index is 1.99. The average molecular weight is 477 g/mol. The Labute approximate surface area is 167 Å². The van der Waals surface area contributed by atoms with E-state index in [0.29, 0.717) is 19.8 Å². The number of imidazole rings is 1. The Kier molecular flexibility index (Phi) is 4.77. The average Bonchev–Trinajstić information content (AvgIpc) is 3.12. The topological polar surface area (TPSA) is 73.1 Å². The quantitative estimate of drug-likeness (QED) is 0.628. The summed E-state index contributed by atoms with van der Waals surface area (Å²) >= 11 is 10.2. The third-order valence-electron chi connectivity index (χ3n) is 4.53. The number of nitrogens with zero attached hydrogens (tertiary/aromatic N) is 2. The van der Waals surface area contributed by atoms with Crippen molar-refractivity contribution in [3.63, 3.8) is 0 Å². The first-order valence-electron chi connectivity index (χ1n) is 8.04. The summed E-state index contributed by atoms with van der Waals surface area (Å²) in [5.74, 6) is 0. The van der Waals surface area contributed by atoms with Crippen molar-refractivity contribution in [3.05, 3.63) is 49.6 Å². The number of nitrogens with one attached hydrogen (secondary N) is 1. The van der Waals surface area contributed by atoms with Gasteiger partial charge < -0.3 is 5.32 Å². The van der Waals surface area contributed by atoms with Crippen LogP contribution in [0.2, 0.25) is 4.34 Å². The molecule has 1 aliphatic rings. The molecule has 1 fully saturated rings. The van der Waals surface area contributed by atoms with Crippen LogP contribution in [0.1, 0.15) is 18.9 Å². The van der Waals surface area contributed by atoms with E-state index >= 15 is 0 Å². The fraction of sp³-hybridized carbons (Fsp3) is 0.312. The molecule has 1 N–H and O–H groups in total. The number of rotatable bonds is 3. The van der Waals surface area contributed by atoms with Crippen LogP contribution >= 0.6 is 38.9 Å². The van der Waals surface area contributed by atoms with Gasteiger partial charge in [0.25, 0.3) is 10.0 Å². The molecular formula is C16H15BrClN3O3S2. The van der Waals surface area contributed by atoms with Crippen molar-refractivity contribution >= 4 is 59.9 Å². The SMILES string of the molecule is O=c1n(C2CCNCC2)c2ccccc2n1S(=O)(=O)c1cc(Br)c(Cl)s1. The second-order valence-corrected chi connectivity index (χ2v) is 10.6. The van der Waals surface area contributed by atoms with Crippen molar-refractivity contribution in [2.75, 3.05) is 13.1 Å². The highest BCUT2D eigenvalue weighted by atomic mass is 79.9. The molecule has 2 aromatic heterocycles. The summed E-state index contributed by atoms with van der Waals surface area (Å²) in [5, 5.41) is 3.27. The number of hydrogen-bond acceptors (Lipinski definition) is 5. The maximum Gasteiger partial charge on any atom is 0.343 e. The molecule has 1 aliphatic heterocycles. The minimum atomic E-state index is -4.04. The second kappa shape index (κ2) is 6.79. The molecule has 0 atom stereocenters. The number of fused-ring (bicyclic) bond motifs is 1. The van der Waals surface area contributed by atoms with Gasteiger partial charge in [0.05, 0.1) is 11.0 Å². The zero-order valence-electron chi connectivity index (χ0n) is 13.5. The number of aromatic nitrogens is 2. The molecule has 1 aromatic carbocycles. The molecule has 0 bridgehead atoms. The van der Waals surface area contributed by atoms with Crippen LogP contribution in [0.5, 0.6) is 0 Å². The van der Waals surface area contributed by atoms with Crippen LogP contribution in [0, 0.1) is 0 Å². The molecule has 138 valence electrons. The number of halogens is 2. The van der Waals surface area contributed by atoms with E-state index in [2.05, 4.69) is 21.2 Å². The van der Waals surface area contributed by atoms with E-state index in [0.717, 1.165) is 41.2 Å². The summed E-state index contributed by atoms with van der Waals surface area (Å²) in [6.07, 6.45) is 1.56. The lowest BCUT2D eigenvalue weighted by Crippen LogP contribution is -2.36. The molecule has 1 saturated heterocycles. The number of benzene rings is 1. The van der Waals surface area contributed by atoms with Crippen LogP contribution in [-0.4, -0.2) is 30.0 Å². The van der Waals surface area contributed by atoms with Crippen LogP contribution in [0.4, 0.5) is 0 Å². The first kappa shape index (κ1) is 18.2.